The Morgan fingerprint density at radius 1 is 1.24 bits per heavy atom. The van der Waals surface area contributed by atoms with Gasteiger partial charge in [0.25, 0.3) is 0 Å². The van der Waals surface area contributed by atoms with Gasteiger partial charge in [0, 0.05) is 6.42 Å². The second-order valence-corrected chi connectivity index (χ2v) is 5.43. The number of carbonyl (C=O) groups excluding carboxylic acids is 2. The highest BCUT2D eigenvalue weighted by atomic mass is 16.5. The van der Waals surface area contributed by atoms with Crippen molar-refractivity contribution in [2.75, 3.05) is 14.2 Å². The molecule has 1 aromatic heterocycles. The minimum absolute atomic E-state index is 0.0502. The first kappa shape index (κ1) is 18.5. The largest absolute Gasteiger partial charge is 0.507 e. The van der Waals surface area contributed by atoms with Gasteiger partial charge in [-0.2, -0.15) is 0 Å². The van der Waals surface area contributed by atoms with Crippen molar-refractivity contribution in [3.63, 3.8) is 0 Å². The van der Waals surface area contributed by atoms with E-state index < -0.39 is 23.5 Å². The molecular formula is C17H18O8. The van der Waals surface area contributed by atoms with Gasteiger partial charge in [-0.3, -0.25) is 9.59 Å². The molecule has 8 nitrogen and oxygen atoms in total. The molecule has 1 unspecified atom stereocenters. The fraction of sp³-hybridized carbons (Fsp3) is 0.353. The highest BCUT2D eigenvalue weighted by molar-refractivity contribution is 5.86. The molecular weight excluding hydrogens is 332 g/mol. The van der Waals surface area contributed by atoms with Gasteiger partial charge in [-0.05, 0) is 24.6 Å². The molecule has 1 heterocycles. The van der Waals surface area contributed by atoms with Crippen molar-refractivity contribution < 1.29 is 33.7 Å². The van der Waals surface area contributed by atoms with E-state index in [4.69, 9.17) is 4.42 Å². The number of benzene rings is 1. The van der Waals surface area contributed by atoms with Crippen molar-refractivity contribution in [3.05, 3.63) is 39.2 Å². The summed E-state index contributed by atoms with van der Waals surface area (Å²) in [6, 6.07) is 2.90. The Morgan fingerprint density at radius 2 is 1.92 bits per heavy atom. The molecule has 0 amide bonds. The number of aromatic hydroxyl groups is 1. The summed E-state index contributed by atoms with van der Waals surface area (Å²) >= 11 is 0. The number of ether oxygens (including phenoxy) is 2. The highest BCUT2D eigenvalue weighted by Crippen LogP contribution is 2.28. The number of aliphatic hydroxyl groups is 1. The maximum atomic E-state index is 12.8. The maximum absolute atomic E-state index is 12.8. The van der Waals surface area contributed by atoms with E-state index >= 15 is 0 Å². The van der Waals surface area contributed by atoms with Crippen molar-refractivity contribution in [3.8, 4) is 5.75 Å². The average molecular weight is 350 g/mol. The fourth-order valence-corrected chi connectivity index (χ4v) is 2.50. The summed E-state index contributed by atoms with van der Waals surface area (Å²) in [5.41, 5.74) is -0.407. The quantitative estimate of drug-likeness (QED) is 0.769. The number of phenols is 1. The van der Waals surface area contributed by atoms with Crippen LogP contribution >= 0.6 is 0 Å². The lowest BCUT2D eigenvalue weighted by Crippen LogP contribution is -2.24. The van der Waals surface area contributed by atoms with Crippen molar-refractivity contribution in [1.82, 2.24) is 0 Å². The molecule has 2 rings (SSSR count). The van der Waals surface area contributed by atoms with Crippen molar-refractivity contribution in [2.45, 2.75) is 25.9 Å². The third-order valence-corrected chi connectivity index (χ3v) is 3.71. The van der Waals surface area contributed by atoms with Crippen LogP contribution in [-0.4, -0.2) is 36.4 Å². The van der Waals surface area contributed by atoms with Crippen LogP contribution in [0.25, 0.3) is 11.0 Å². The Hall–Kier alpha value is -2.87. The molecule has 134 valence electrons. The van der Waals surface area contributed by atoms with Crippen LogP contribution in [0.4, 0.5) is 0 Å². The van der Waals surface area contributed by atoms with Gasteiger partial charge in [-0.25, -0.2) is 4.79 Å². The van der Waals surface area contributed by atoms with Gasteiger partial charge in [0.2, 0.25) is 5.43 Å². The van der Waals surface area contributed by atoms with Crippen LogP contribution < -0.4 is 5.43 Å². The van der Waals surface area contributed by atoms with Crippen LogP contribution in [0.1, 0.15) is 29.4 Å². The second kappa shape index (κ2) is 7.35. The van der Waals surface area contributed by atoms with Crippen LogP contribution in [0, 0.1) is 6.92 Å². The van der Waals surface area contributed by atoms with E-state index in [-0.39, 0.29) is 40.9 Å². The smallest absolute Gasteiger partial charge is 0.339 e. The van der Waals surface area contributed by atoms with E-state index in [1.807, 2.05) is 0 Å². The first-order valence-corrected chi connectivity index (χ1v) is 7.42. The average Bonchev–Trinajstić information content (AvgIpc) is 2.57. The Morgan fingerprint density at radius 3 is 2.52 bits per heavy atom. The molecule has 1 atom stereocenters. The van der Waals surface area contributed by atoms with Gasteiger partial charge in [-0.15, -0.1) is 0 Å². The summed E-state index contributed by atoms with van der Waals surface area (Å²) in [4.78, 5) is 35.8. The Labute approximate surface area is 142 Å². The van der Waals surface area contributed by atoms with Crippen LogP contribution in [0.15, 0.2) is 21.3 Å². The molecule has 0 bridgehead atoms. The number of phenolic OH excluding ortho intramolecular Hbond substituents is 1. The van der Waals surface area contributed by atoms with E-state index in [0.717, 1.165) is 7.11 Å². The van der Waals surface area contributed by atoms with Crippen LogP contribution in [0.3, 0.4) is 0 Å². The molecule has 0 saturated carbocycles. The van der Waals surface area contributed by atoms with E-state index in [1.165, 1.54) is 19.2 Å². The fourth-order valence-electron chi connectivity index (χ4n) is 2.50. The van der Waals surface area contributed by atoms with Crippen LogP contribution in [0.5, 0.6) is 5.75 Å². The molecule has 0 aliphatic heterocycles. The summed E-state index contributed by atoms with van der Waals surface area (Å²) in [7, 11) is 2.27. The minimum atomic E-state index is -1.90. The van der Waals surface area contributed by atoms with E-state index in [2.05, 4.69) is 9.47 Å². The number of aryl methyl sites for hydroxylation is 2. The predicted octanol–water partition coefficient (Wildman–Crippen LogP) is 1.12. The van der Waals surface area contributed by atoms with Gasteiger partial charge in [0.15, 0.2) is 6.10 Å². The zero-order valence-electron chi connectivity index (χ0n) is 14.0. The summed E-state index contributed by atoms with van der Waals surface area (Å²) in [6.45, 7) is 1.70. The van der Waals surface area contributed by atoms with E-state index in [1.54, 1.807) is 6.92 Å². The normalized spacial score (nSPS) is 12.0. The Balaban J connectivity index is 2.71. The number of carbonyl (C=O) groups is 2. The van der Waals surface area contributed by atoms with E-state index in [0.29, 0.717) is 5.56 Å². The molecule has 2 N–H and O–H groups in total. The van der Waals surface area contributed by atoms with Gasteiger partial charge >= 0.3 is 11.9 Å². The highest BCUT2D eigenvalue weighted by Gasteiger charge is 2.28. The van der Waals surface area contributed by atoms with Gasteiger partial charge < -0.3 is 24.1 Å². The van der Waals surface area contributed by atoms with Crippen molar-refractivity contribution in [1.29, 1.82) is 0 Å². The molecule has 0 saturated heterocycles. The molecule has 0 aliphatic rings. The summed E-state index contributed by atoms with van der Waals surface area (Å²) in [5.74, 6) is -1.99. The maximum Gasteiger partial charge on any atom is 0.339 e. The SMILES string of the molecule is COC(=O)CCc1oc2cc(C)cc(O)c2c(=O)c1C(O)C(=O)OC. The lowest BCUT2D eigenvalue weighted by molar-refractivity contribution is -0.150. The molecule has 1 aromatic carbocycles. The van der Waals surface area contributed by atoms with Crippen LogP contribution in [-0.2, 0) is 25.5 Å². The number of esters is 2. The summed E-state index contributed by atoms with van der Waals surface area (Å²) < 4.78 is 14.6. The number of aliphatic hydroxyl groups excluding tert-OH is 1. The van der Waals surface area contributed by atoms with Gasteiger partial charge in [0.05, 0.1) is 26.2 Å². The molecule has 0 aliphatic carbocycles. The second-order valence-electron chi connectivity index (χ2n) is 5.43. The summed E-state index contributed by atoms with van der Waals surface area (Å²) in [5, 5.41) is 20.0. The Kier molecular flexibility index (Phi) is 5.43. The van der Waals surface area contributed by atoms with Gasteiger partial charge in [-0.1, -0.05) is 0 Å². The number of hydrogen-bond acceptors (Lipinski definition) is 8. The van der Waals surface area contributed by atoms with Gasteiger partial charge in [0.1, 0.15) is 22.5 Å². The van der Waals surface area contributed by atoms with Crippen molar-refractivity contribution in [2.24, 2.45) is 0 Å². The molecule has 0 radical (unpaired) electrons. The minimum Gasteiger partial charge on any atom is -0.507 e. The third-order valence-electron chi connectivity index (χ3n) is 3.71. The summed E-state index contributed by atoms with van der Waals surface area (Å²) in [6.07, 6.45) is -2.10. The zero-order valence-corrected chi connectivity index (χ0v) is 14.0. The molecule has 0 fully saturated rings. The monoisotopic (exact) mass is 350 g/mol. The molecule has 2 aromatic rings. The van der Waals surface area contributed by atoms with E-state index in [9.17, 15) is 24.6 Å². The molecule has 0 spiro atoms. The third kappa shape index (κ3) is 3.63. The number of fused-ring (bicyclic) bond motifs is 1. The predicted molar refractivity (Wildman–Crippen MR) is 86.2 cm³/mol. The number of rotatable bonds is 5. The Bertz CT molecular complexity index is 880. The molecule has 25 heavy (non-hydrogen) atoms. The first-order chi connectivity index (χ1) is 11.8. The first-order valence-electron chi connectivity index (χ1n) is 7.42. The van der Waals surface area contributed by atoms with Crippen molar-refractivity contribution >= 4 is 22.9 Å². The zero-order chi connectivity index (χ0) is 18.7. The number of hydrogen-bond donors (Lipinski definition) is 2. The number of methoxy groups -OCH3 is 2. The van der Waals surface area contributed by atoms with Crippen LogP contribution in [0.2, 0.25) is 0 Å². The topological polar surface area (TPSA) is 123 Å². The standard InChI is InChI=1S/C17H18O8/c1-8-6-9(18)13-11(7-8)25-10(4-5-12(19)23-2)14(15(13)20)16(21)17(22)24-3/h6-7,16,18,21H,4-5H2,1-3H3. The lowest BCUT2D eigenvalue weighted by atomic mass is 10.0. The lowest BCUT2D eigenvalue weighted by Gasteiger charge is -2.14. The molecule has 8 heteroatoms.